The summed E-state index contributed by atoms with van der Waals surface area (Å²) in [6, 6.07) is 0. The Balaban J connectivity index is 1.90. The molecule has 2 heterocycles. The summed E-state index contributed by atoms with van der Waals surface area (Å²) in [6.07, 6.45) is 6.11. The number of unbranched alkanes of at least 4 members (excludes halogenated alkanes) is 1. The van der Waals surface area contributed by atoms with Crippen LogP contribution < -0.4 is 15.5 Å². The lowest BCUT2D eigenvalue weighted by molar-refractivity contribution is 0.544. The van der Waals surface area contributed by atoms with Crippen molar-refractivity contribution in [3.05, 3.63) is 0 Å². The first kappa shape index (κ1) is 15.8. The first-order chi connectivity index (χ1) is 10.2. The van der Waals surface area contributed by atoms with Gasteiger partial charge in [0.05, 0.1) is 0 Å². The lowest BCUT2D eigenvalue weighted by atomic mass is 10.1. The number of nitrogens with one attached hydrogen (secondary N) is 2. The van der Waals surface area contributed by atoms with Gasteiger partial charge in [-0.15, -0.1) is 0 Å². The molecular weight excluding hydrogens is 264 g/mol. The second-order valence-electron chi connectivity index (χ2n) is 6.04. The molecule has 0 aliphatic carbocycles. The first-order valence-electron chi connectivity index (χ1n) is 8.11. The number of rotatable bonds is 8. The highest BCUT2D eigenvalue weighted by atomic mass is 15.3. The predicted octanol–water partition coefficient (Wildman–Crippen LogP) is 2.75. The number of nitrogens with zero attached hydrogens (tertiary/aromatic N) is 4. The summed E-state index contributed by atoms with van der Waals surface area (Å²) >= 11 is 0. The van der Waals surface area contributed by atoms with Crippen molar-refractivity contribution < 1.29 is 0 Å². The van der Waals surface area contributed by atoms with Gasteiger partial charge in [-0.2, -0.15) is 15.0 Å². The number of hydrogen-bond donors (Lipinski definition) is 2. The highest BCUT2D eigenvalue weighted by Gasteiger charge is 2.16. The maximum Gasteiger partial charge on any atom is 0.231 e. The molecule has 1 saturated heterocycles. The summed E-state index contributed by atoms with van der Waals surface area (Å²) in [4.78, 5) is 15.6. The highest BCUT2D eigenvalue weighted by molar-refractivity contribution is 5.43. The Morgan fingerprint density at radius 1 is 1.05 bits per heavy atom. The van der Waals surface area contributed by atoms with Crippen molar-refractivity contribution in [3.8, 4) is 0 Å². The highest BCUT2D eigenvalue weighted by Crippen LogP contribution is 2.18. The average molecular weight is 292 g/mol. The molecule has 6 heteroatoms. The van der Waals surface area contributed by atoms with Gasteiger partial charge in [0, 0.05) is 26.7 Å². The Hall–Kier alpha value is -1.59. The predicted molar refractivity (Wildman–Crippen MR) is 88.0 cm³/mol. The van der Waals surface area contributed by atoms with Crippen molar-refractivity contribution >= 4 is 17.8 Å². The largest absolute Gasteiger partial charge is 0.357 e. The summed E-state index contributed by atoms with van der Waals surface area (Å²) in [5, 5.41) is 6.35. The third-order valence-corrected chi connectivity index (χ3v) is 3.73. The van der Waals surface area contributed by atoms with E-state index in [9.17, 15) is 0 Å². The maximum absolute atomic E-state index is 4.55. The third kappa shape index (κ3) is 5.02. The van der Waals surface area contributed by atoms with E-state index in [2.05, 4.69) is 44.3 Å². The zero-order valence-electron chi connectivity index (χ0n) is 13.5. The van der Waals surface area contributed by atoms with E-state index < -0.39 is 0 Å². The van der Waals surface area contributed by atoms with Crippen LogP contribution in [0.2, 0.25) is 0 Å². The van der Waals surface area contributed by atoms with Gasteiger partial charge < -0.3 is 15.5 Å². The van der Waals surface area contributed by atoms with Gasteiger partial charge >= 0.3 is 0 Å². The van der Waals surface area contributed by atoms with Gasteiger partial charge in [-0.3, -0.25) is 0 Å². The molecule has 0 spiro atoms. The van der Waals surface area contributed by atoms with Crippen molar-refractivity contribution in [2.75, 3.05) is 42.2 Å². The zero-order valence-corrected chi connectivity index (χ0v) is 13.5. The molecule has 1 aliphatic rings. The molecule has 2 rings (SSSR count). The molecule has 1 aromatic rings. The molecule has 1 aromatic heterocycles. The van der Waals surface area contributed by atoms with E-state index in [1.54, 1.807) is 0 Å². The third-order valence-electron chi connectivity index (χ3n) is 3.73. The second-order valence-corrected chi connectivity index (χ2v) is 6.04. The van der Waals surface area contributed by atoms with Crippen molar-refractivity contribution in [1.29, 1.82) is 0 Å². The van der Waals surface area contributed by atoms with Gasteiger partial charge in [-0.1, -0.05) is 26.7 Å². The van der Waals surface area contributed by atoms with E-state index in [4.69, 9.17) is 0 Å². The van der Waals surface area contributed by atoms with Crippen LogP contribution >= 0.6 is 0 Å². The Kier molecular flexibility index (Phi) is 6.02. The molecular formula is C15H28N6. The van der Waals surface area contributed by atoms with Crippen LogP contribution in [0.1, 0.15) is 46.0 Å². The van der Waals surface area contributed by atoms with Gasteiger partial charge in [0.1, 0.15) is 0 Å². The molecule has 21 heavy (non-hydrogen) atoms. The molecule has 0 saturated carbocycles. The van der Waals surface area contributed by atoms with Crippen LogP contribution in [-0.2, 0) is 0 Å². The fraction of sp³-hybridized carbons (Fsp3) is 0.800. The molecule has 0 unspecified atom stereocenters. The molecule has 1 fully saturated rings. The van der Waals surface area contributed by atoms with Crippen LogP contribution in [0.25, 0.3) is 0 Å². The molecule has 0 aromatic carbocycles. The zero-order chi connectivity index (χ0) is 15.1. The Labute approximate surface area is 127 Å². The average Bonchev–Trinajstić information content (AvgIpc) is 3.00. The van der Waals surface area contributed by atoms with E-state index in [0.29, 0.717) is 11.9 Å². The Morgan fingerprint density at radius 2 is 1.76 bits per heavy atom. The molecule has 118 valence electrons. The molecule has 6 nitrogen and oxygen atoms in total. The monoisotopic (exact) mass is 292 g/mol. The molecule has 0 bridgehead atoms. The van der Waals surface area contributed by atoms with Gasteiger partial charge in [0.15, 0.2) is 0 Å². The summed E-state index contributed by atoms with van der Waals surface area (Å²) in [5.41, 5.74) is 0. The van der Waals surface area contributed by atoms with E-state index >= 15 is 0 Å². The van der Waals surface area contributed by atoms with Gasteiger partial charge in [0.25, 0.3) is 0 Å². The smallest absolute Gasteiger partial charge is 0.231 e. The minimum atomic E-state index is 0.636. The van der Waals surface area contributed by atoms with Crippen molar-refractivity contribution in [2.24, 2.45) is 5.92 Å². The van der Waals surface area contributed by atoms with E-state index in [1.807, 2.05) is 7.05 Å². The minimum Gasteiger partial charge on any atom is -0.357 e. The molecule has 2 N–H and O–H groups in total. The van der Waals surface area contributed by atoms with E-state index in [-0.39, 0.29) is 0 Å². The molecule has 1 aliphatic heterocycles. The summed E-state index contributed by atoms with van der Waals surface area (Å²) in [7, 11) is 1.84. The lowest BCUT2D eigenvalue weighted by Gasteiger charge is -2.16. The fourth-order valence-corrected chi connectivity index (χ4v) is 2.49. The molecule has 0 amide bonds. The van der Waals surface area contributed by atoms with Crippen LogP contribution in [0.3, 0.4) is 0 Å². The van der Waals surface area contributed by atoms with Crippen LogP contribution in [0, 0.1) is 5.92 Å². The summed E-state index contributed by atoms with van der Waals surface area (Å²) in [6.45, 7) is 7.53. The quantitative estimate of drug-likeness (QED) is 0.718. The maximum atomic E-state index is 4.55. The topological polar surface area (TPSA) is 66.0 Å². The lowest BCUT2D eigenvalue weighted by Crippen LogP contribution is -2.22. The van der Waals surface area contributed by atoms with E-state index in [0.717, 1.165) is 37.9 Å². The Morgan fingerprint density at radius 3 is 2.43 bits per heavy atom. The van der Waals surface area contributed by atoms with Gasteiger partial charge in [-0.25, -0.2) is 0 Å². The fourth-order valence-electron chi connectivity index (χ4n) is 2.49. The molecule has 0 radical (unpaired) electrons. The van der Waals surface area contributed by atoms with Crippen LogP contribution in [0.5, 0.6) is 0 Å². The van der Waals surface area contributed by atoms with Gasteiger partial charge in [0.2, 0.25) is 17.8 Å². The van der Waals surface area contributed by atoms with Crippen LogP contribution in [0.4, 0.5) is 17.8 Å². The summed E-state index contributed by atoms with van der Waals surface area (Å²) < 4.78 is 0. The van der Waals surface area contributed by atoms with Crippen molar-refractivity contribution in [3.63, 3.8) is 0 Å². The number of hydrogen-bond acceptors (Lipinski definition) is 6. The Bertz CT molecular complexity index is 428. The van der Waals surface area contributed by atoms with E-state index in [1.165, 1.54) is 25.7 Å². The van der Waals surface area contributed by atoms with Crippen molar-refractivity contribution in [2.45, 2.75) is 46.0 Å². The summed E-state index contributed by atoms with van der Waals surface area (Å²) in [5.74, 6) is 2.88. The molecule has 0 atom stereocenters. The van der Waals surface area contributed by atoms with Gasteiger partial charge in [-0.05, 0) is 25.2 Å². The normalized spacial score (nSPS) is 14.8. The SMILES string of the molecule is CNc1nc(NCCCCC(C)C)nc(N2CCCC2)n1. The number of aromatic nitrogens is 3. The second kappa shape index (κ2) is 8.00. The first-order valence-corrected chi connectivity index (χ1v) is 8.11. The number of anilines is 3. The minimum absolute atomic E-state index is 0.636. The van der Waals surface area contributed by atoms with Crippen molar-refractivity contribution in [1.82, 2.24) is 15.0 Å². The van der Waals surface area contributed by atoms with Crippen LogP contribution in [0.15, 0.2) is 0 Å². The van der Waals surface area contributed by atoms with Crippen LogP contribution in [-0.4, -0.2) is 41.6 Å². The standard InChI is InChI=1S/C15H28N6/c1-12(2)8-4-5-9-17-14-18-13(16-3)19-15(20-14)21-10-6-7-11-21/h12H,4-11H2,1-3H3,(H2,16,17,18,19,20).